The van der Waals surface area contributed by atoms with Gasteiger partial charge in [0.25, 0.3) is 5.91 Å². The number of hydrogen-bond acceptors (Lipinski definition) is 8. The van der Waals surface area contributed by atoms with Crippen molar-refractivity contribution in [3.05, 3.63) is 88.1 Å². The van der Waals surface area contributed by atoms with Crippen LogP contribution in [0.4, 0.5) is 18.9 Å². The predicted octanol–water partition coefficient (Wildman–Crippen LogP) is 5.41. The molecule has 0 unspecified atom stereocenters. The van der Waals surface area contributed by atoms with Gasteiger partial charge in [-0.15, -0.1) is 0 Å². The van der Waals surface area contributed by atoms with Crippen molar-refractivity contribution in [3.63, 3.8) is 0 Å². The Kier molecular flexibility index (Phi) is 10.7. The van der Waals surface area contributed by atoms with Crippen LogP contribution in [0.1, 0.15) is 22.3 Å². The first-order valence-corrected chi connectivity index (χ1v) is 15.4. The second kappa shape index (κ2) is 14.9. The molecule has 2 aliphatic rings. The minimum absolute atomic E-state index is 0.0421. The monoisotopic (exact) mass is 671 g/mol. The lowest BCUT2D eigenvalue weighted by molar-refractivity contribution is -0.122. The van der Waals surface area contributed by atoms with Crippen LogP contribution < -0.4 is 10.1 Å². The number of carboxylic acid groups (broad SMARTS) is 1. The third-order valence-electron chi connectivity index (χ3n) is 7.22. The van der Waals surface area contributed by atoms with Gasteiger partial charge in [0.15, 0.2) is 11.6 Å². The van der Waals surface area contributed by atoms with Crippen LogP contribution in [0, 0.1) is 17.5 Å². The van der Waals surface area contributed by atoms with Gasteiger partial charge in [0, 0.05) is 43.9 Å². The number of benzene rings is 3. The largest absolute Gasteiger partial charge is 0.492 e. The highest BCUT2D eigenvalue weighted by atomic mass is 32.2. The fourth-order valence-corrected chi connectivity index (χ4v) is 6.12. The van der Waals surface area contributed by atoms with Crippen LogP contribution in [-0.4, -0.2) is 83.0 Å². The Morgan fingerprint density at radius 2 is 1.78 bits per heavy atom. The molecular weight excluding hydrogens is 643 g/mol. The summed E-state index contributed by atoms with van der Waals surface area (Å²) in [5.41, 5.74) is 1.04. The maximum absolute atomic E-state index is 14.2. The smallest absolute Gasteiger partial charge is 0.338 e. The number of amides is 2. The lowest BCUT2D eigenvalue weighted by Gasteiger charge is -2.26. The Morgan fingerprint density at radius 3 is 2.50 bits per heavy atom. The van der Waals surface area contributed by atoms with Gasteiger partial charge in [0.1, 0.15) is 22.5 Å². The summed E-state index contributed by atoms with van der Waals surface area (Å²) < 4.78 is 53.5. The van der Waals surface area contributed by atoms with Gasteiger partial charge in [-0.3, -0.25) is 19.4 Å². The van der Waals surface area contributed by atoms with Crippen LogP contribution in [0.3, 0.4) is 0 Å². The summed E-state index contributed by atoms with van der Waals surface area (Å²) in [4.78, 5) is 40.5. The summed E-state index contributed by atoms with van der Waals surface area (Å²) in [5, 5.41) is 11.4. The maximum atomic E-state index is 14.2. The number of nitrogens with one attached hydrogen (secondary N) is 1. The van der Waals surface area contributed by atoms with Gasteiger partial charge in [0.2, 0.25) is 5.91 Å². The molecule has 46 heavy (non-hydrogen) atoms. The van der Waals surface area contributed by atoms with Gasteiger partial charge in [-0.1, -0.05) is 36.1 Å². The molecule has 2 N–H and O–H groups in total. The number of morpholine rings is 1. The second-order valence-electron chi connectivity index (χ2n) is 10.3. The van der Waals surface area contributed by atoms with Crippen molar-refractivity contribution in [2.24, 2.45) is 0 Å². The van der Waals surface area contributed by atoms with E-state index in [1.807, 2.05) is 0 Å². The average molecular weight is 672 g/mol. The summed E-state index contributed by atoms with van der Waals surface area (Å²) in [6, 6.07) is 11.9. The number of hydrogen-bond donors (Lipinski definition) is 2. The Balaban J connectivity index is 1.27. The van der Waals surface area contributed by atoms with Crippen molar-refractivity contribution in [1.82, 2.24) is 9.80 Å². The molecule has 0 atom stereocenters. The van der Waals surface area contributed by atoms with Crippen molar-refractivity contribution in [3.8, 4) is 16.9 Å². The minimum atomic E-state index is -1.43. The van der Waals surface area contributed by atoms with E-state index in [0.29, 0.717) is 53.7 Å². The first-order valence-electron chi connectivity index (χ1n) is 14.2. The molecule has 0 radical (unpaired) electrons. The zero-order chi connectivity index (χ0) is 32.8. The summed E-state index contributed by atoms with van der Waals surface area (Å²) in [6.45, 7) is 3.88. The number of thioether (sulfide) groups is 1. The van der Waals surface area contributed by atoms with Crippen LogP contribution in [0.2, 0.25) is 0 Å². The number of nitrogens with zero attached hydrogens (tertiary/aromatic N) is 2. The molecule has 14 heteroatoms. The molecule has 0 aliphatic carbocycles. The third kappa shape index (κ3) is 8.12. The number of aromatic carboxylic acids is 1. The number of ether oxygens (including phenoxy) is 2. The molecule has 240 valence electrons. The van der Waals surface area contributed by atoms with Gasteiger partial charge >= 0.3 is 5.97 Å². The van der Waals surface area contributed by atoms with Crippen LogP contribution in [-0.2, 0) is 14.3 Å². The standard InChI is InChI=1S/C32H28F3N3O6S2/c33-24-5-2-20(17-26(24)35)23-15-19(1-6-27(23)44-14-11-37-9-12-43-13-10-37)16-28-30(40)38(32(45)46-28)8-7-29(39)36-21-3-4-22(31(41)42)25(34)18-21/h1-6,15-18H,7-14H2,(H,36,39)(H,41,42)/b28-16-. The lowest BCUT2D eigenvalue weighted by atomic mass is 10.0. The minimum Gasteiger partial charge on any atom is -0.492 e. The Labute approximate surface area is 272 Å². The number of carbonyl (C=O) groups excluding carboxylic acids is 2. The van der Waals surface area contributed by atoms with E-state index in [-0.39, 0.29) is 23.0 Å². The molecule has 0 spiro atoms. The summed E-state index contributed by atoms with van der Waals surface area (Å²) in [6.07, 6.45) is 1.46. The van der Waals surface area contributed by atoms with E-state index in [4.69, 9.17) is 26.8 Å². The lowest BCUT2D eigenvalue weighted by Crippen LogP contribution is -2.38. The summed E-state index contributed by atoms with van der Waals surface area (Å²) in [7, 11) is 0. The molecule has 2 amide bonds. The predicted molar refractivity (Wildman–Crippen MR) is 171 cm³/mol. The van der Waals surface area contributed by atoms with Crippen molar-refractivity contribution >= 4 is 57.8 Å². The van der Waals surface area contributed by atoms with Crippen molar-refractivity contribution in [2.45, 2.75) is 6.42 Å². The van der Waals surface area contributed by atoms with Crippen molar-refractivity contribution in [2.75, 3.05) is 51.3 Å². The van der Waals surface area contributed by atoms with E-state index in [1.165, 1.54) is 17.0 Å². The van der Waals surface area contributed by atoms with E-state index in [2.05, 4.69) is 10.2 Å². The highest BCUT2D eigenvalue weighted by Gasteiger charge is 2.32. The third-order valence-corrected chi connectivity index (χ3v) is 8.60. The summed E-state index contributed by atoms with van der Waals surface area (Å²) in [5.74, 6) is -4.88. The quantitative estimate of drug-likeness (QED) is 0.204. The number of carbonyl (C=O) groups is 3. The van der Waals surface area contributed by atoms with E-state index in [9.17, 15) is 27.6 Å². The Morgan fingerprint density at radius 1 is 1.00 bits per heavy atom. The first-order chi connectivity index (χ1) is 22.1. The molecule has 0 aromatic heterocycles. The number of halogens is 3. The molecule has 2 fully saturated rings. The molecule has 2 aliphatic heterocycles. The Bertz CT molecular complexity index is 1710. The molecule has 9 nitrogen and oxygen atoms in total. The second-order valence-corrected chi connectivity index (χ2v) is 12.0. The van der Waals surface area contributed by atoms with Gasteiger partial charge in [-0.25, -0.2) is 18.0 Å². The number of carboxylic acids is 1. The van der Waals surface area contributed by atoms with Crippen LogP contribution in [0.15, 0.2) is 59.5 Å². The molecule has 5 rings (SSSR count). The molecule has 0 saturated carbocycles. The highest BCUT2D eigenvalue weighted by Crippen LogP contribution is 2.36. The molecule has 2 heterocycles. The van der Waals surface area contributed by atoms with Gasteiger partial charge < -0.3 is 19.9 Å². The van der Waals surface area contributed by atoms with Gasteiger partial charge in [-0.05, 0) is 59.7 Å². The molecule has 2 saturated heterocycles. The molecular formula is C32H28F3N3O6S2. The summed E-state index contributed by atoms with van der Waals surface area (Å²) >= 11 is 6.43. The molecule has 3 aromatic carbocycles. The zero-order valence-corrected chi connectivity index (χ0v) is 25.9. The van der Waals surface area contributed by atoms with Crippen LogP contribution in [0.5, 0.6) is 5.75 Å². The fourth-order valence-electron chi connectivity index (χ4n) is 4.81. The first kappa shape index (κ1) is 33.1. The van der Waals surface area contributed by atoms with Crippen molar-refractivity contribution in [1.29, 1.82) is 0 Å². The van der Waals surface area contributed by atoms with Gasteiger partial charge in [0.05, 0.1) is 23.7 Å². The Hall–Kier alpha value is -4.24. The van der Waals surface area contributed by atoms with Crippen LogP contribution in [0.25, 0.3) is 17.2 Å². The van der Waals surface area contributed by atoms with E-state index in [0.717, 1.165) is 49.1 Å². The number of rotatable bonds is 11. The molecule has 3 aromatic rings. The molecule has 0 bridgehead atoms. The topological polar surface area (TPSA) is 108 Å². The van der Waals surface area contributed by atoms with E-state index >= 15 is 0 Å². The van der Waals surface area contributed by atoms with E-state index in [1.54, 1.807) is 24.3 Å². The average Bonchev–Trinajstić information content (AvgIpc) is 3.29. The van der Waals surface area contributed by atoms with Gasteiger partial charge in [-0.2, -0.15) is 0 Å². The number of anilines is 1. The van der Waals surface area contributed by atoms with Crippen molar-refractivity contribution < 1.29 is 42.1 Å². The highest BCUT2D eigenvalue weighted by molar-refractivity contribution is 8.26. The SMILES string of the molecule is O=C(CCN1C(=O)/C(=C/c2ccc(OCCN3CCOCC3)c(-c3ccc(F)c(F)c3)c2)SC1=S)Nc1ccc(C(=O)O)c(F)c1. The zero-order valence-electron chi connectivity index (χ0n) is 24.3. The fraction of sp³-hybridized carbons (Fsp3) is 0.250. The maximum Gasteiger partial charge on any atom is 0.338 e. The number of thiocarbonyl (C=S) groups is 1. The van der Waals surface area contributed by atoms with Crippen LogP contribution >= 0.6 is 24.0 Å². The normalized spacial score (nSPS) is 16.2. The van der Waals surface area contributed by atoms with E-state index < -0.39 is 40.8 Å².